The molecule has 5 aromatic rings. The highest BCUT2D eigenvalue weighted by Gasteiger charge is 2.21. The summed E-state index contributed by atoms with van der Waals surface area (Å²) in [7, 11) is 4.73. The Kier molecular flexibility index (Phi) is 4.51. The van der Waals surface area contributed by atoms with Crippen molar-refractivity contribution in [2.24, 2.45) is 14.1 Å². The van der Waals surface area contributed by atoms with Crippen molar-refractivity contribution in [2.75, 3.05) is 7.11 Å². The summed E-state index contributed by atoms with van der Waals surface area (Å²) < 4.78 is 11.6. The number of nitrogens with zero attached hydrogens (tertiary/aromatic N) is 5. The second-order valence-electron chi connectivity index (χ2n) is 7.76. The zero-order valence-corrected chi connectivity index (χ0v) is 18.4. The van der Waals surface area contributed by atoms with E-state index in [1.807, 2.05) is 35.0 Å². The Balaban J connectivity index is 1.89. The van der Waals surface area contributed by atoms with Crippen LogP contribution in [0.2, 0.25) is 0 Å². The molecule has 0 aliphatic rings. The SMILES string of the molecule is CCc1ccc(-c2cn3c4c(=O)n(C)c(=O)n(C)c4nc3n2-c2ccc(OC)cc2)cc1. The maximum atomic E-state index is 13.0. The van der Waals surface area contributed by atoms with E-state index in [0.29, 0.717) is 16.9 Å². The van der Waals surface area contributed by atoms with Crippen LogP contribution in [0, 0.1) is 0 Å². The molecule has 32 heavy (non-hydrogen) atoms. The van der Waals surface area contributed by atoms with Gasteiger partial charge in [0, 0.05) is 31.5 Å². The van der Waals surface area contributed by atoms with E-state index in [4.69, 9.17) is 9.72 Å². The summed E-state index contributed by atoms with van der Waals surface area (Å²) in [5.74, 6) is 1.30. The summed E-state index contributed by atoms with van der Waals surface area (Å²) >= 11 is 0. The first-order valence-corrected chi connectivity index (χ1v) is 10.4. The van der Waals surface area contributed by atoms with Crippen LogP contribution in [-0.4, -0.2) is 30.2 Å². The first-order valence-electron chi connectivity index (χ1n) is 10.4. The molecule has 0 unspecified atom stereocenters. The standard InChI is InChI=1S/C24H23N5O3/c1-5-15-6-8-16(9-7-15)19-14-28-20-21(26(2)24(31)27(3)22(20)30)25-23(28)29(19)17-10-12-18(32-4)13-11-17/h6-14H,5H2,1-4H3. The Morgan fingerprint density at radius 3 is 2.25 bits per heavy atom. The minimum absolute atomic E-state index is 0.350. The molecule has 0 atom stereocenters. The first-order chi connectivity index (χ1) is 15.4. The average molecular weight is 429 g/mol. The maximum Gasteiger partial charge on any atom is 0.332 e. The van der Waals surface area contributed by atoms with Crippen molar-refractivity contribution in [3.63, 3.8) is 0 Å². The Morgan fingerprint density at radius 1 is 0.938 bits per heavy atom. The maximum absolute atomic E-state index is 13.0. The molecule has 0 saturated carbocycles. The molecule has 0 spiro atoms. The lowest BCUT2D eigenvalue weighted by atomic mass is 10.1. The topological polar surface area (TPSA) is 75.5 Å². The highest BCUT2D eigenvalue weighted by atomic mass is 16.5. The molecular formula is C24H23N5O3. The van der Waals surface area contributed by atoms with Crippen molar-refractivity contribution in [3.8, 4) is 22.7 Å². The summed E-state index contributed by atoms with van der Waals surface area (Å²) in [6.45, 7) is 2.12. The minimum Gasteiger partial charge on any atom is -0.497 e. The van der Waals surface area contributed by atoms with Crippen LogP contribution in [0.3, 0.4) is 0 Å². The van der Waals surface area contributed by atoms with Gasteiger partial charge in [-0.05, 0) is 36.2 Å². The zero-order valence-electron chi connectivity index (χ0n) is 18.4. The molecule has 0 N–H and O–H groups in total. The van der Waals surface area contributed by atoms with Crippen LogP contribution < -0.4 is 16.0 Å². The van der Waals surface area contributed by atoms with Crippen molar-refractivity contribution in [3.05, 3.63) is 81.1 Å². The van der Waals surface area contributed by atoms with Gasteiger partial charge in [-0.3, -0.25) is 22.9 Å². The monoisotopic (exact) mass is 429 g/mol. The second-order valence-corrected chi connectivity index (χ2v) is 7.76. The number of aryl methyl sites for hydroxylation is 2. The van der Waals surface area contributed by atoms with Gasteiger partial charge in [-0.25, -0.2) is 4.79 Å². The Bertz CT molecular complexity index is 1580. The van der Waals surface area contributed by atoms with E-state index in [1.165, 1.54) is 17.2 Å². The molecule has 162 valence electrons. The molecule has 0 amide bonds. The third kappa shape index (κ3) is 2.80. The summed E-state index contributed by atoms with van der Waals surface area (Å²) in [4.78, 5) is 30.2. The van der Waals surface area contributed by atoms with Gasteiger partial charge in [0.05, 0.1) is 12.8 Å². The van der Waals surface area contributed by atoms with Gasteiger partial charge in [-0.1, -0.05) is 31.2 Å². The lowest BCUT2D eigenvalue weighted by Gasteiger charge is -2.10. The highest BCUT2D eigenvalue weighted by molar-refractivity contribution is 5.79. The van der Waals surface area contributed by atoms with Crippen LogP contribution in [-0.2, 0) is 20.5 Å². The molecule has 0 aliphatic heterocycles. The third-order valence-electron chi connectivity index (χ3n) is 5.95. The second kappa shape index (κ2) is 7.26. The average Bonchev–Trinajstić information content (AvgIpc) is 3.38. The number of ether oxygens (including phenoxy) is 1. The third-order valence-corrected chi connectivity index (χ3v) is 5.95. The first kappa shape index (κ1) is 19.9. The van der Waals surface area contributed by atoms with Crippen LogP contribution in [0.4, 0.5) is 0 Å². The summed E-state index contributed by atoms with van der Waals surface area (Å²) in [5, 5.41) is 0. The number of fused-ring (bicyclic) bond motifs is 3. The minimum atomic E-state index is -0.408. The van der Waals surface area contributed by atoms with E-state index in [1.54, 1.807) is 18.6 Å². The molecule has 0 aliphatic carbocycles. The van der Waals surface area contributed by atoms with Crippen molar-refractivity contribution < 1.29 is 4.74 Å². The lowest BCUT2D eigenvalue weighted by molar-refractivity contribution is 0.415. The van der Waals surface area contributed by atoms with Crippen molar-refractivity contribution in [1.82, 2.24) is 23.1 Å². The van der Waals surface area contributed by atoms with E-state index in [2.05, 4.69) is 31.2 Å². The number of hydrogen-bond donors (Lipinski definition) is 0. The number of benzene rings is 2. The van der Waals surface area contributed by atoms with Crippen LogP contribution in [0.25, 0.3) is 33.9 Å². The molecule has 5 rings (SSSR count). The molecule has 8 nitrogen and oxygen atoms in total. The van der Waals surface area contributed by atoms with Crippen LogP contribution in [0.1, 0.15) is 12.5 Å². The van der Waals surface area contributed by atoms with Gasteiger partial charge in [0.15, 0.2) is 11.2 Å². The fraction of sp³-hybridized carbons (Fsp3) is 0.208. The van der Waals surface area contributed by atoms with Gasteiger partial charge in [0.25, 0.3) is 5.56 Å². The Morgan fingerprint density at radius 2 is 1.62 bits per heavy atom. The molecule has 0 bridgehead atoms. The predicted molar refractivity (Wildman–Crippen MR) is 124 cm³/mol. The van der Waals surface area contributed by atoms with Gasteiger partial charge in [-0.2, -0.15) is 4.98 Å². The normalized spacial score (nSPS) is 11.5. The van der Waals surface area contributed by atoms with E-state index < -0.39 is 5.69 Å². The van der Waals surface area contributed by atoms with Gasteiger partial charge < -0.3 is 4.74 Å². The van der Waals surface area contributed by atoms with Crippen LogP contribution in [0.15, 0.2) is 64.3 Å². The van der Waals surface area contributed by atoms with E-state index in [0.717, 1.165) is 33.7 Å². The number of hydrogen-bond acceptors (Lipinski definition) is 4. The highest BCUT2D eigenvalue weighted by Crippen LogP contribution is 2.30. The smallest absolute Gasteiger partial charge is 0.332 e. The molecule has 8 heteroatoms. The van der Waals surface area contributed by atoms with E-state index in [9.17, 15) is 9.59 Å². The molecule has 2 aromatic carbocycles. The fourth-order valence-electron chi connectivity index (χ4n) is 4.07. The molecule has 0 fully saturated rings. The number of methoxy groups -OCH3 is 1. The lowest BCUT2D eigenvalue weighted by Crippen LogP contribution is -2.37. The quantitative estimate of drug-likeness (QED) is 0.440. The van der Waals surface area contributed by atoms with Crippen LogP contribution in [0.5, 0.6) is 5.75 Å². The largest absolute Gasteiger partial charge is 0.497 e. The molecule has 3 heterocycles. The zero-order chi connectivity index (χ0) is 22.6. The van der Waals surface area contributed by atoms with Gasteiger partial charge in [0.1, 0.15) is 5.75 Å². The summed E-state index contributed by atoms with van der Waals surface area (Å²) in [6.07, 6.45) is 2.86. The number of imidazole rings is 2. The Hall–Kier alpha value is -4.07. The molecular weight excluding hydrogens is 406 g/mol. The molecule has 0 radical (unpaired) electrons. The number of rotatable bonds is 4. The van der Waals surface area contributed by atoms with Crippen molar-refractivity contribution >= 4 is 16.9 Å². The van der Waals surface area contributed by atoms with E-state index >= 15 is 0 Å². The van der Waals surface area contributed by atoms with Crippen LogP contribution >= 0.6 is 0 Å². The van der Waals surface area contributed by atoms with Crippen molar-refractivity contribution in [2.45, 2.75) is 13.3 Å². The fourth-order valence-corrected chi connectivity index (χ4v) is 4.07. The van der Waals surface area contributed by atoms with E-state index in [-0.39, 0.29) is 5.56 Å². The molecule has 3 aromatic heterocycles. The van der Waals surface area contributed by atoms with Gasteiger partial charge in [0.2, 0.25) is 5.78 Å². The molecule has 0 saturated heterocycles. The van der Waals surface area contributed by atoms with Gasteiger partial charge >= 0.3 is 5.69 Å². The Labute approximate surface area is 183 Å². The summed E-state index contributed by atoms with van der Waals surface area (Å²) in [6, 6.07) is 16.0. The number of aromatic nitrogens is 5. The van der Waals surface area contributed by atoms with Crippen molar-refractivity contribution in [1.29, 1.82) is 0 Å². The van der Waals surface area contributed by atoms with Gasteiger partial charge in [-0.15, -0.1) is 0 Å². The predicted octanol–water partition coefficient (Wildman–Crippen LogP) is 2.91. The summed E-state index contributed by atoms with van der Waals surface area (Å²) in [5.41, 5.74) is 3.93.